The van der Waals surface area contributed by atoms with Gasteiger partial charge in [-0.25, -0.2) is 0 Å². The second kappa shape index (κ2) is 5.73. The minimum absolute atomic E-state index is 0.000550. The third kappa shape index (κ3) is 2.68. The lowest BCUT2D eigenvalue weighted by Crippen LogP contribution is -2.52. The molecule has 2 aliphatic rings. The van der Waals surface area contributed by atoms with Crippen LogP contribution in [0.3, 0.4) is 0 Å². The van der Waals surface area contributed by atoms with Crippen molar-refractivity contribution in [1.82, 2.24) is 14.8 Å². The highest BCUT2D eigenvalue weighted by molar-refractivity contribution is 5.92. The first kappa shape index (κ1) is 14.5. The van der Waals surface area contributed by atoms with E-state index >= 15 is 0 Å². The van der Waals surface area contributed by atoms with Crippen LogP contribution in [0.2, 0.25) is 0 Å². The maximum absolute atomic E-state index is 12.6. The highest BCUT2D eigenvalue weighted by Gasteiger charge is 2.44. The van der Waals surface area contributed by atoms with Crippen molar-refractivity contribution in [3.8, 4) is 0 Å². The SMILES string of the molecule is CN(C)C1[C@@H]2CC[C@H]1CN(C(=O)c1cc(CO)ccn1)C2. The van der Waals surface area contributed by atoms with Gasteiger partial charge in [0.25, 0.3) is 5.91 Å². The monoisotopic (exact) mass is 289 g/mol. The number of aliphatic hydroxyl groups is 1. The summed E-state index contributed by atoms with van der Waals surface area (Å²) in [5.74, 6) is 1.15. The summed E-state index contributed by atoms with van der Waals surface area (Å²) >= 11 is 0. The first-order valence-corrected chi connectivity index (χ1v) is 7.61. The number of likely N-dealkylation sites (tertiary alicyclic amines) is 1. The number of aromatic nitrogens is 1. The molecule has 1 saturated carbocycles. The third-order valence-electron chi connectivity index (χ3n) is 4.89. The van der Waals surface area contributed by atoms with E-state index in [2.05, 4.69) is 24.0 Å². The van der Waals surface area contributed by atoms with Crippen molar-refractivity contribution in [2.75, 3.05) is 27.2 Å². The first-order valence-electron chi connectivity index (χ1n) is 7.61. The topological polar surface area (TPSA) is 56.7 Å². The normalized spacial score (nSPS) is 28.2. The smallest absolute Gasteiger partial charge is 0.272 e. The summed E-state index contributed by atoms with van der Waals surface area (Å²) in [6, 6.07) is 4.03. The number of fused-ring (bicyclic) bond motifs is 2. The van der Waals surface area contributed by atoms with Gasteiger partial charge in [-0.05, 0) is 56.5 Å². The largest absolute Gasteiger partial charge is 0.392 e. The molecule has 1 unspecified atom stereocenters. The van der Waals surface area contributed by atoms with Crippen LogP contribution in [0.4, 0.5) is 0 Å². The molecule has 1 aliphatic carbocycles. The minimum Gasteiger partial charge on any atom is -0.392 e. The van der Waals surface area contributed by atoms with Crippen LogP contribution in [0.5, 0.6) is 0 Å². The fourth-order valence-electron chi connectivity index (χ4n) is 4.05. The third-order valence-corrected chi connectivity index (χ3v) is 4.89. The minimum atomic E-state index is -0.0588. The molecule has 3 rings (SSSR count). The van der Waals surface area contributed by atoms with Crippen LogP contribution in [-0.2, 0) is 6.61 Å². The Labute approximate surface area is 125 Å². The number of piperidine rings is 1. The molecule has 1 saturated heterocycles. The highest BCUT2D eigenvalue weighted by Crippen LogP contribution is 2.39. The Morgan fingerprint density at radius 3 is 2.62 bits per heavy atom. The zero-order valence-corrected chi connectivity index (χ0v) is 12.7. The van der Waals surface area contributed by atoms with Gasteiger partial charge < -0.3 is 14.9 Å². The molecule has 0 spiro atoms. The Kier molecular flexibility index (Phi) is 3.95. The molecule has 5 heteroatoms. The van der Waals surface area contributed by atoms with Gasteiger partial charge in [-0.2, -0.15) is 0 Å². The lowest BCUT2D eigenvalue weighted by Gasteiger charge is -2.41. The quantitative estimate of drug-likeness (QED) is 0.901. The van der Waals surface area contributed by atoms with Crippen molar-refractivity contribution in [3.63, 3.8) is 0 Å². The average molecular weight is 289 g/mol. The number of nitrogens with zero attached hydrogens (tertiary/aromatic N) is 3. The van der Waals surface area contributed by atoms with Gasteiger partial charge in [0.1, 0.15) is 5.69 Å². The van der Waals surface area contributed by atoms with Gasteiger partial charge in [-0.1, -0.05) is 0 Å². The van der Waals surface area contributed by atoms with Crippen LogP contribution in [0.25, 0.3) is 0 Å². The van der Waals surface area contributed by atoms with Crippen LogP contribution in [0, 0.1) is 11.8 Å². The lowest BCUT2D eigenvalue weighted by atomic mass is 9.91. The Morgan fingerprint density at radius 2 is 2.05 bits per heavy atom. The van der Waals surface area contributed by atoms with E-state index in [4.69, 9.17) is 0 Å². The van der Waals surface area contributed by atoms with E-state index in [1.807, 2.05) is 4.90 Å². The van der Waals surface area contributed by atoms with E-state index < -0.39 is 0 Å². The van der Waals surface area contributed by atoms with E-state index in [1.165, 1.54) is 12.8 Å². The van der Waals surface area contributed by atoms with Gasteiger partial charge in [0.2, 0.25) is 0 Å². The Morgan fingerprint density at radius 1 is 1.38 bits per heavy atom. The summed E-state index contributed by atoms with van der Waals surface area (Å²) < 4.78 is 0. The van der Waals surface area contributed by atoms with Crippen molar-refractivity contribution < 1.29 is 9.90 Å². The van der Waals surface area contributed by atoms with Crippen LogP contribution in [0.15, 0.2) is 18.3 Å². The molecule has 1 aliphatic heterocycles. The second-order valence-electron chi connectivity index (χ2n) is 6.47. The van der Waals surface area contributed by atoms with Crippen molar-refractivity contribution in [2.45, 2.75) is 25.5 Å². The standard InChI is InChI=1S/C16H23N3O2/c1-18(2)15-12-3-4-13(15)9-19(8-12)16(21)14-7-11(10-20)5-6-17-14/h5-7,12-13,15,20H,3-4,8-10H2,1-2H3/t12-,13+,15?. The van der Waals surface area contributed by atoms with Gasteiger partial charge in [-0.15, -0.1) is 0 Å². The molecule has 3 atom stereocenters. The van der Waals surface area contributed by atoms with Crippen LogP contribution < -0.4 is 0 Å². The summed E-state index contributed by atoms with van der Waals surface area (Å²) in [5, 5.41) is 9.19. The van der Waals surface area contributed by atoms with Crippen LogP contribution >= 0.6 is 0 Å². The average Bonchev–Trinajstić information content (AvgIpc) is 2.77. The predicted octanol–water partition coefficient (Wildman–Crippen LogP) is 0.986. The number of pyridine rings is 1. The molecule has 1 aromatic rings. The van der Waals surface area contributed by atoms with Gasteiger partial charge in [0.05, 0.1) is 6.61 Å². The fraction of sp³-hybridized carbons (Fsp3) is 0.625. The molecule has 1 amide bonds. The summed E-state index contributed by atoms with van der Waals surface area (Å²) in [5.41, 5.74) is 1.18. The van der Waals surface area contributed by atoms with E-state index in [1.54, 1.807) is 18.3 Å². The van der Waals surface area contributed by atoms with E-state index in [9.17, 15) is 9.90 Å². The molecule has 0 aromatic carbocycles. The molecule has 1 N–H and O–H groups in total. The number of carbonyl (C=O) groups excluding carboxylic acids is 1. The van der Waals surface area contributed by atoms with Gasteiger partial charge in [0, 0.05) is 25.3 Å². The Balaban J connectivity index is 1.75. The molecule has 21 heavy (non-hydrogen) atoms. The molecule has 5 nitrogen and oxygen atoms in total. The van der Waals surface area contributed by atoms with Crippen molar-refractivity contribution in [2.24, 2.45) is 11.8 Å². The number of aliphatic hydroxyl groups excluding tert-OH is 1. The number of amides is 1. The number of rotatable bonds is 3. The van der Waals surface area contributed by atoms with Crippen LogP contribution in [0.1, 0.15) is 28.9 Å². The summed E-state index contributed by atoms with van der Waals surface area (Å²) in [7, 11) is 4.28. The molecule has 114 valence electrons. The first-order chi connectivity index (χ1) is 10.1. The molecule has 1 aromatic heterocycles. The Hall–Kier alpha value is -1.46. The van der Waals surface area contributed by atoms with Gasteiger partial charge in [0.15, 0.2) is 0 Å². The summed E-state index contributed by atoms with van der Waals surface area (Å²) in [4.78, 5) is 21.1. The zero-order chi connectivity index (χ0) is 15.0. The van der Waals surface area contributed by atoms with Crippen molar-refractivity contribution >= 4 is 5.91 Å². The van der Waals surface area contributed by atoms with Gasteiger partial charge in [-0.3, -0.25) is 9.78 Å². The molecule has 2 heterocycles. The second-order valence-corrected chi connectivity index (χ2v) is 6.47. The van der Waals surface area contributed by atoms with E-state index in [-0.39, 0.29) is 12.5 Å². The Bertz CT molecular complexity index is 518. The number of carbonyl (C=O) groups is 1. The summed E-state index contributed by atoms with van der Waals surface area (Å²) in [6.07, 6.45) is 4.02. The van der Waals surface area contributed by atoms with Crippen LogP contribution in [-0.4, -0.2) is 59.0 Å². The lowest BCUT2D eigenvalue weighted by molar-refractivity contribution is 0.0482. The zero-order valence-electron chi connectivity index (χ0n) is 12.7. The van der Waals surface area contributed by atoms with E-state index in [0.717, 1.165) is 18.7 Å². The van der Waals surface area contributed by atoms with E-state index in [0.29, 0.717) is 23.6 Å². The summed E-state index contributed by atoms with van der Waals surface area (Å²) in [6.45, 7) is 1.59. The molecule has 2 bridgehead atoms. The van der Waals surface area contributed by atoms with Crippen molar-refractivity contribution in [3.05, 3.63) is 29.6 Å². The predicted molar refractivity (Wildman–Crippen MR) is 79.8 cm³/mol. The molecule has 0 radical (unpaired) electrons. The highest BCUT2D eigenvalue weighted by atomic mass is 16.3. The molecular weight excluding hydrogens is 266 g/mol. The fourth-order valence-corrected chi connectivity index (χ4v) is 4.05. The number of hydrogen-bond donors (Lipinski definition) is 1. The molecule has 2 fully saturated rings. The van der Waals surface area contributed by atoms with Gasteiger partial charge >= 0.3 is 0 Å². The molecular formula is C16H23N3O2. The maximum atomic E-state index is 12.6. The van der Waals surface area contributed by atoms with Crippen molar-refractivity contribution in [1.29, 1.82) is 0 Å². The number of hydrogen-bond acceptors (Lipinski definition) is 4. The maximum Gasteiger partial charge on any atom is 0.272 e.